The molecule has 0 saturated heterocycles. The lowest BCUT2D eigenvalue weighted by atomic mass is 9.99. The molecule has 4 aromatic rings. The number of carbonyl (C=O) groups excluding carboxylic acids is 1. The highest BCUT2D eigenvalue weighted by Crippen LogP contribution is 2.39. The molecule has 9 heteroatoms. The van der Waals surface area contributed by atoms with E-state index in [2.05, 4.69) is 20.2 Å². The predicted molar refractivity (Wildman–Crippen MR) is 101 cm³/mol. The van der Waals surface area contributed by atoms with Gasteiger partial charge >= 0.3 is 11.8 Å². The number of hydrogen-bond donors (Lipinski definition) is 1. The van der Waals surface area contributed by atoms with Gasteiger partial charge in [-0.1, -0.05) is 6.07 Å². The first-order chi connectivity index (χ1) is 14.2. The summed E-state index contributed by atoms with van der Waals surface area (Å²) in [4.78, 5) is 22.8. The fraction of sp³-hybridized carbons (Fsp3) is 0.350. The summed E-state index contributed by atoms with van der Waals surface area (Å²) in [6.07, 6.45) is 6.35. The van der Waals surface area contributed by atoms with E-state index in [0.717, 1.165) is 41.0 Å². The third kappa shape index (κ3) is 2.57. The maximum atomic E-state index is 13.3. The highest BCUT2D eigenvalue weighted by Gasteiger charge is 2.39. The van der Waals surface area contributed by atoms with Gasteiger partial charge in [0, 0.05) is 30.8 Å². The number of imidazole rings is 1. The Hall–Kier alpha value is -3.49. The van der Waals surface area contributed by atoms with Crippen LogP contribution >= 0.6 is 0 Å². The Labute approximate surface area is 165 Å². The van der Waals surface area contributed by atoms with E-state index < -0.39 is 6.04 Å². The summed E-state index contributed by atoms with van der Waals surface area (Å²) < 4.78 is 7.53. The summed E-state index contributed by atoms with van der Waals surface area (Å²) in [6, 6.07) is 5.62. The van der Waals surface area contributed by atoms with Gasteiger partial charge < -0.3 is 14.3 Å². The lowest BCUT2D eigenvalue weighted by Crippen LogP contribution is -2.41. The number of aromatic amines is 1. The molecule has 4 aromatic heterocycles. The van der Waals surface area contributed by atoms with E-state index in [0.29, 0.717) is 24.8 Å². The number of nitrogens with zero attached hydrogens (tertiary/aromatic N) is 6. The average Bonchev–Trinajstić information content (AvgIpc) is 3.13. The summed E-state index contributed by atoms with van der Waals surface area (Å²) in [5, 5.41) is 12.8. The van der Waals surface area contributed by atoms with Crippen LogP contribution in [0.1, 0.15) is 64.0 Å². The normalized spacial score (nSPS) is 18.9. The SMILES string of the molecule is Cc1cccn2nc([C@H]3c4nc[nH]c4CCN3C(=O)c3nnc(C4CC4)o3)cc12. The van der Waals surface area contributed by atoms with E-state index >= 15 is 0 Å². The van der Waals surface area contributed by atoms with Gasteiger partial charge in [0.15, 0.2) is 0 Å². The van der Waals surface area contributed by atoms with Crippen LogP contribution in [0.3, 0.4) is 0 Å². The number of carbonyl (C=O) groups is 1. The molecule has 5 heterocycles. The van der Waals surface area contributed by atoms with Crippen molar-refractivity contribution in [2.45, 2.75) is 38.1 Å². The number of aryl methyl sites for hydroxylation is 1. The zero-order valence-corrected chi connectivity index (χ0v) is 15.9. The molecule has 0 spiro atoms. The lowest BCUT2D eigenvalue weighted by molar-refractivity contribution is 0.0644. The van der Waals surface area contributed by atoms with Crippen LogP contribution in [-0.2, 0) is 6.42 Å². The van der Waals surface area contributed by atoms with Crippen LogP contribution in [0.15, 0.2) is 35.1 Å². The molecule has 2 aliphatic rings. The van der Waals surface area contributed by atoms with Crippen LogP contribution in [0.5, 0.6) is 0 Å². The fourth-order valence-corrected chi connectivity index (χ4v) is 4.04. The van der Waals surface area contributed by atoms with Crippen LogP contribution in [-0.4, -0.2) is 47.1 Å². The molecule has 6 rings (SSSR count). The maximum absolute atomic E-state index is 13.3. The van der Waals surface area contributed by atoms with E-state index in [4.69, 9.17) is 9.52 Å². The molecule has 0 bridgehead atoms. The maximum Gasteiger partial charge on any atom is 0.312 e. The number of pyridine rings is 1. The van der Waals surface area contributed by atoms with Gasteiger partial charge in [-0.3, -0.25) is 4.79 Å². The number of aromatic nitrogens is 6. The monoisotopic (exact) mass is 389 g/mol. The van der Waals surface area contributed by atoms with E-state index in [1.165, 1.54) is 0 Å². The third-order valence-electron chi connectivity index (χ3n) is 5.75. The Morgan fingerprint density at radius 3 is 3.03 bits per heavy atom. The lowest BCUT2D eigenvalue weighted by Gasteiger charge is -2.32. The molecule has 0 radical (unpaired) electrons. The van der Waals surface area contributed by atoms with Gasteiger partial charge in [0.25, 0.3) is 0 Å². The summed E-state index contributed by atoms with van der Waals surface area (Å²) in [7, 11) is 0. The molecule has 1 atom stereocenters. The Kier molecular flexibility index (Phi) is 3.41. The van der Waals surface area contributed by atoms with Crippen molar-refractivity contribution in [3.63, 3.8) is 0 Å². The molecule has 1 fully saturated rings. The summed E-state index contributed by atoms with van der Waals surface area (Å²) in [5.41, 5.74) is 4.73. The number of nitrogens with one attached hydrogen (secondary N) is 1. The zero-order valence-electron chi connectivity index (χ0n) is 15.9. The summed E-state index contributed by atoms with van der Waals surface area (Å²) in [6.45, 7) is 2.56. The molecule has 146 valence electrons. The minimum atomic E-state index is -0.409. The highest BCUT2D eigenvalue weighted by molar-refractivity contribution is 5.90. The molecule has 1 aliphatic carbocycles. The molecule has 0 aromatic carbocycles. The van der Waals surface area contributed by atoms with Crippen LogP contribution < -0.4 is 0 Å². The molecular formula is C20H19N7O2. The molecule has 1 aliphatic heterocycles. The molecule has 1 saturated carbocycles. The van der Waals surface area contributed by atoms with Crippen molar-refractivity contribution in [2.75, 3.05) is 6.54 Å². The van der Waals surface area contributed by atoms with Gasteiger partial charge in [-0.2, -0.15) is 5.10 Å². The second-order valence-corrected chi connectivity index (χ2v) is 7.73. The summed E-state index contributed by atoms with van der Waals surface area (Å²) >= 11 is 0. The Morgan fingerprint density at radius 2 is 2.21 bits per heavy atom. The zero-order chi connectivity index (χ0) is 19.5. The first kappa shape index (κ1) is 16.5. The second-order valence-electron chi connectivity index (χ2n) is 7.73. The second kappa shape index (κ2) is 6.00. The molecule has 0 unspecified atom stereocenters. The first-order valence-corrected chi connectivity index (χ1v) is 9.80. The van der Waals surface area contributed by atoms with Crippen LogP contribution in [0.2, 0.25) is 0 Å². The van der Waals surface area contributed by atoms with Crippen LogP contribution in [0, 0.1) is 6.92 Å². The number of rotatable bonds is 3. The van der Waals surface area contributed by atoms with Crippen LogP contribution in [0.4, 0.5) is 0 Å². The van der Waals surface area contributed by atoms with Crippen molar-refractivity contribution in [2.24, 2.45) is 0 Å². The predicted octanol–water partition coefficient (Wildman–Crippen LogP) is 2.41. The molecular weight excluding hydrogens is 370 g/mol. The van der Waals surface area contributed by atoms with Gasteiger partial charge in [0.2, 0.25) is 5.89 Å². The molecule has 1 amide bonds. The largest absolute Gasteiger partial charge is 0.417 e. The average molecular weight is 389 g/mol. The number of amides is 1. The topological polar surface area (TPSA) is 105 Å². The number of H-pyrrole nitrogens is 1. The van der Waals surface area contributed by atoms with Gasteiger partial charge in [0.1, 0.15) is 6.04 Å². The van der Waals surface area contributed by atoms with E-state index in [9.17, 15) is 4.79 Å². The van der Waals surface area contributed by atoms with Crippen molar-refractivity contribution >= 4 is 11.4 Å². The highest BCUT2D eigenvalue weighted by atomic mass is 16.4. The Bertz CT molecular complexity index is 1230. The molecule has 9 nitrogen and oxygen atoms in total. The van der Waals surface area contributed by atoms with Crippen LogP contribution in [0.25, 0.3) is 5.52 Å². The first-order valence-electron chi connectivity index (χ1n) is 9.80. The smallest absolute Gasteiger partial charge is 0.312 e. The third-order valence-corrected chi connectivity index (χ3v) is 5.75. The number of fused-ring (bicyclic) bond motifs is 2. The van der Waals surface area contributed by atoms with E-state index in [-0.39, 0.29) is 11.8 Å². The minimum Gasteiger partial charge on any atom is -0.417 e. The van der Waals surface area contributed by atoms with Crippen molar-refractivity contribution in [3.05, 3.63) is 65.1 Å². The minimum absolute atomic E-state index is 0.0378. The van der Waals surface area contributed by atoms with Crippen molar-refractivity contribution in [1.29, 1.82) is 0 Å². The van der Waals surface area contributed by atoms with Crippen molar-refractivity contribution in [3.8, 4) is 0 Å². The Balaban J connectivity index is 1.44. The van der Waals surface area contributed by atoms with E-state index in [1.54, 1.807) is 11.2 Å². The van der Waals surface area contributed by atoms with E-state index in [1.807, 2.05) is 35.8 Å². The number of hydrogen-bond acceptors (Lipinski definition) is 6. The van der Waals surface area contributed by atoms with Gasteiger partial charge in [-0.15, -0.1) is 10.2 Å². The molecule has 29 heavy (non-hydrogen) atoms. The van der Waals surface area contributed by atoms with Crippen molar-refractivity contribution < 1.29 is 9.21 Å². The Morgan fingerprint density at radius 1 is 1.31 bits per heavy atom. The van der Waals surface area contributed by atoms with Gasteiger partial charge in [0.05, 0.1) is 23.2 Å². The fourth-order valence-electron chi connectivity index (χ4n) is 4.04. The summed E-state index contributed by atoms with van der Waals surface area (Å²) in [5.74, 6) is 0.624. The van der Waals surface area contributed by atoms with Gasteiger partial charge in [-0.05, 0) is 37.5 Å². The standard InChI is InChI=1S/C20H19N7O2/c1-11-3-2-7-27-15(11)9-14(25-27)17-16-13(21-10-22-16)6-8-26(17)20(28)19-24-23-18(29-19)12-4-5-12/h2-3,7,9-10,12,17H,4-6,8H2,1H3,(H,21,22)/t17-/m0/s1. The molecule has 1 N–H and O–H groups in total. The quantitative estimate of drug-likeness (QED) is 0.577. The van der Waals surface area contributed by atoms with Gasteiger partial charge in [-0.25, -0.2) is 9.50 Å². The van der Waals surface area contributed by atoms with Crippen molar-refractivity contribution in [1.82, 2.24) is 34.7 Å².